The Bertz CT molecular complexity index is 254. The van der Waals surface area contributed by atoms with Crippen molar-refractivity contribution in [2.45, 2.75) is 18.4 Å². The zero-order valence-corrected chi connectivity index (χ0v) is 7.51. The first kappa shape index (κ1) is 8.72. The van der Waals surface area contributed by atoms with E-state index < -0.39 is 0 Å². The minimum absolute atomic E-state index is 0.334. The van der Waals surface area contributed by atoms with Crippen molar-refractivity contribution in [2.24, 2.45) is 5.73 Å². The van der Waals surface area contributed by atoms with Gasteiger partial charge in [-0.15, -0.1) is 0 Å². The summed E-state index contributed by atoms with van der Waals surface area (Å²) in [4.78, 5) is 11.1. The van der Waals surface area contributed by atoms with Gasteiger partial charge in [0.15, 0.2) is 0 Å². The lowest BCUT2D eigenvalue weighted by atomic mass is 9.85. The van der Waals surface area contributed by atoms with Gasteiger partial charge in [-0.25, -0.2) is 0 Å². The first-order valence-corrected chi connectivity index (χ1v) is 4.60. The number of piperidine rings is 1. The molecule has 1 amide bonds. The van der Waals surface area contributed by atoms with E-state index in [1.165, 1.54) is 0 Å². The molecular formula is C9H14N2O2. The number of primary amides is 1. The van der Waals surface area contributed by atoms with Crippen molar-refractivity contribution < 1.29 is 9.53 Å². The van der Waals surface area contributed by atoms with E-state index in [4.69, 9.17) is 10.5 Å². The number of ether oxygens (including phenoxy) is 1. The third-order valence-electron chi connectivity index (χ3n) is 2.81. The molecule has 3 N–H and O–H groups in total. The number of rotatable bonds is 1. The monoisotopic (exact) mass is 182 g/mol. The van der Waals surface area contributed by atoms with Crippen LogP contribution in [0.2, 0.25) is 0 Å². The molecule has 2 rings (SSSR count). The summed E-state index contributed by atoms with van der Waals surface area (Å²) in [5, 5.41) is 3.24. The van der Waals surface area contributed by atoms with Crippen molar-refractivity contribution in [1.82, 2.24) is 5.32 Å². The topological polar surface area (TPSA) is 64.4 Å². The average molecular weight is 182 g/mol. The highest BCUT2D eigenvalue weighted by Gasteiger charge is 2.42. The van der Waals surface area contributed by atoms with Crippen LogP contribution in [0.4, 0.5) is 0 Å². The molecule has 72 valence electrons. The standard InChI is InChI=1S/C9H14N2O2/c10-8(12)7-1-6-13-9(7)2-4-11-5-3-9/h1,11H,2-6H2,(H2,10,12). The highest BCUT2D eigenvalue weighted by atomic mass is 16.5. The molecule has 0 aromatic heterocycles. The Kier molecular flexibility index (Phi) is 2.09. The van der Waals surface area contributed by atoms with E-state index in [1.807, 2.05) is 6.08 Å². The summed E-state index contributed by atoms with van der Waals surface area (Å²) in [6.45, 7) is 2.31. The van der Waals surface area contributed by atoms with Gasteiger partial charge in [0.25, 0.3) is 0 Å². The molecule has 0 bridgehead atoms. The molecule has 13 heavy (non-hydrogen) atoms. The lowest BCUT2D eigenvalue weighted by Gasteiger charge is -2.34. The fourth-order valence-electron chi connectivity index (χ4n) is 2.12. The molecule has 0 aliphatic carbocycles. The zero-order valence-electron chi connectivity index (χ0n) is 7.51. The Balaban J connectivity index is 2.21. The summed E-state index contributed by atoms with van der Waals surface area (Å²) in [5.41, 5.74) is 5.61. The number of carbonyl (C=O) groups excluding carboxylic acids is 1. The lowest BCUT2D eigenvalue weighted by molar-refractivity contribution is -0.117. The average Bonchev–Trinajstić information content (AvgIpc) is 2.50. The van der Waals surface area contributed by atoms with Crippen LogP contribution in [0.15, 0.2) is 11.6 Å². The fraction of sp³-hybridized carbons (Fsp3) is 0.667. The van der Waals surface area contributed by atoms with Crippen molar-refractivity contribution in [3.63, 3.8) is 0 Å². The second-order valence-corrected chi connectivity index (χ2v) is 3.54. The highest BCUT2D eigenvalue weighted by Crippen LogP contribution is 2.34. The van der Waals surface area contributed by atoms with Crippen LogP contribution in [0.5, 0.6) is 0 Å². The number of hydrogen-bond acceptors (Lipinski definition) is 3. The van der Waals surface area contributed by atoms with E-state index in [-0.39, 0.29) is 11.5 Å². The molecule has 1 spiro atoms. The number of carbonyl (C=O) groups is 1. The third kappa shape index (κ3) is 1.36. The van der Waals surface area contributed by atoms with E-state index >= 15 is 0 Å². The molecule has 2 aliphatic rings. The van der Waals surface area contributed by atoms with E-state index in [9.17, 15) is 4.79 Å². The third-order valence-corrected chi connectivity index (χ3v) is 2.81. The van der Waals surface area contributed by atoms with Crippen LogP contribution in [-0.4, -0.2) is 31.2 Å². The van der Waals surface area contributed by atoms with Crippen LogP contribution in [0, 0.1) is 0 Å². The van der Waals surface area contributed by atoms with Crippen LogP contribution in [0.25, 0.3) is 0 Å². The van der Waals surface area contributed by atoms with E-state index in [0.717, 1.165) is 25.9 Å². The van der Waals surface area contributed by atoms with Crippen molar-refractivity contribution in [1.29, 1.82) is 0 Å². The first-order valence-electron chi connectivity index (χ1n) is 4.60. The van der Waals surface area contributed by atoms with Crippen molar-refractivity contribution in [3.05, 3.63) is 11.6 Å². The van der Waals surface area contributed by atoms with Crippen molar-refractivity contribution >= 4 is 5.91 Å². The van der Waals surface area contributed by atoms with E-state index in [0.29, 0.717) is 12.2 Å². The Morgan fingerprint density at radius 1 is 1.54 bits per heavy atom. The summed E-state index contributed by atoms with van der Waals surface area (Å²) in [6, 6.07) is 0. The second-order valence-electron chi connectivity index (χ2n) is 3.54. The fourth-order valence-corrected chi connectivity index (χ4v) is 2.12. The maximum atomic E-state index is 11.1. The maximum Gasteiger partial charge on any atom is 0.247 e. The van der Waals surface area contributed by atoms with Crippen LogP contribution in [0.3, 0.4) is 0 Å². The Morgan fingerprint density at radius 3 is 2.85 bits per heavy atom. The van der Waals surface area contributed by atoms with Gasteiger partial charge in [-0.05, 0) is 32.0 Å². The van der Waals surface area contributed by atoms with Gasteiger partial charge in [0.05, 0.1) is 6.61 Å². The smallest absolute Gasteiger partial charge is 0.247 e. The number of nitrogens with one attached hydrogen (secondary N) is 1. The van der Waals surface area contributed by atoms with Crippen LogP contribution in [-0.2, 0) is 9.53 Å². The Hall–Kier alpha value is -0.870. The summed E-state index contributed by atoms with van der Waals surface area (Å²) < 4.78 is 5.62. The minimum atomic E-state index is -0.364. The quantitative estimate of drug-likeness (QED) is 0.577. The molecule has 0 saturated carbocycles. The van der Waals surface area contributed by atoms with Gasteiger partial charge in [0, 0.05) is 5.57 Å². The number of hydrogen-bond donors (Lipinski definition) is 2. The highest BCUT2D eigenvalue weighted by molar-refractivity contribution is 5.94. The predicted octanol–water partition coefficient (Wildman–Crippen LogP) is -0.450. The van der Waals surface area contributed by atoms with Crippen molar-refractivity contribution in [2.75, 3.05) is 19.7 Å². The molecule has 0 unspecified atom stereocenters. The largest absolute Gasteiger partial charge is 0.366 e. The molecule has 2 heterocycles. The first-order chi connectivity index (χ1) is 6.25. The van der Waals surface area contributed by atoms with E-state index in [2.05, 4.69) is 5.32 Å². The van der Waals surface area contributed by atoms with Crippen LogP contribution < -0.4 is 11.1 Å². The summed E-state index contributed by atoms with van der Waals surface area (Å²) >= 11 is 0. The Morgan fingerprint density at radius 2 is 2.23 bits per heavy atom. The zero-order chi connectivity index (χ0) is 9.31. The van der Waals surface area contributed by atoms with E-state index in [1.54, 1.807) is 0 Å². The van der Waals surface area contributed by atoms with Crippen LogP contribution >= 0.6 is 0 Å². The molecular weight excluding hydrogens is 168 g/mol. The SMILES string of the molecule is NC(=O)C1=CCOC12CCNCC2. The van der Waals surface area contributed by atoms with Gasteiger partial charge in [-0.1, -0.05) is 0 Å². The van der Waals surface area contributed by atoms with Gasteiger partial charge >= 0.3 is 0 Å². The molecule has 2 aliphatic heterocycles. The molecule has 4 heteroatoms. The maximum absolute atomic E-state index is 11.1. The normalized spacial score (nSPS) is 26.0. The summed E-state index contributed by atoms with van der Waals surface area (Å²) in [7, 11) is 0. The summed E-state index contributed by atoms with van der Waals surface area (Å²) in [5.74, 6) is -0.334. The van der Waals surface area contributed by atoms with Gasteiger partial charge in [-0.3, -0.25) is 4.79 Å². The molecule has 0 aromatic rings. The molecule has 1 saturated heterocycles. The van der Waals surface area contributed by atoms with Gasteiger partial charge in [0.1, 0.15) is 5.60 Å². The molecule has 0 radical (unpaired) electrons. The molecule has 0 atom stereocenters. The minimum Gasteiger partial charge on any atom is -0.366 e. The number of nitrogens with two attached hydrogens (primary N) is 1. The second kappa shape index (κ2) is 3.12. The lowest BCUT2D eigenvalue weighted by Crippen LogP contribution is -2.46. The van der Waals surface area contributed by atoms with Gasteiger partial charge in [0.2, 0.25) is 5.91 Å². The molecule has 0 aromatic carbocycles. The van der Waals surface area contributed by atoms with Gasteiger partial charge < -0.3 is 15.8 Å². The summed E-state index contributed by atoms with van der Waals surface area (Å²) in [6.07, 6.45) is 3.51. The molecule has 4 nitrogen and oxygen atoms in total. The van der Waals surface area contributed by atoms with Crippen LogP contribution in [0.1, 0.15) is 12.8 Å². The predicted molar refractivity (Wildman–Crippen MR) is 48.1 cm³/mol. The van der Waals surface area contributed by atoms with Crippen molar-refractivity contribution in [3.8, 4) is 0 Å². The van der Waals surface area contributed by atoms with Gasteiger partial charge in [-0.2, -0.15) is 0 Å². The molecule has 1 fully saturated rings. The Labute approximate surface area is 77.1 Å². The number of amides is 1.